The average molecular weight is 330 g/mol. The van der Waals surface area contributed by atoms with E-state index >= 15 is 0 Å². The molecule has 1 aliphatic rings. The third kappa shape index (κ3) is 2.61. The number of hydrogen-bond acceptors (Lipinski definition) is 4. The fraction of sp³-hybridized carbons (Fsp3) is 0.692. The van der Waals surface area contributed by atoms with E-state index in [1.165, 1.54) is 0 Å². The van der Waals surface area contributed by atoms with E-state index in [2.05, 4.69) is 21.0 Å². The van der Waals surface area contributed by atoms with E-state index in [-0.39, 0.29) is 11.8 Å². The van der Waals surface area contributed by atoms with E-state index in [9.17, 15) is 4.79 Å². The number of carbonyl (C=O) groups excluding carboxylic acids is 1. The van der Waals surface area contributed by atoms with Gasteiger partial charge < -0.3 is 10.5 Å². The minimum atomic E-state index is -0.507. The van der Waals surface area contributed by atoms with Crippen molar-refractivity contribution in [3.8, 4) is 0 Å². The predicted octanol–water partition coefficient (Wildman–Crippen LogP) is 2.16. The molecule has 0 amide bonds. The number of ether oxygens (including phenoxy) is 1. The molecule has 1 fully saturated rings. The number of rotatable bonds is 4. The Kier molecular flexibility index (Phi) is 4.43. The van der Waals surface area contributed by atoms with Crippen LogP contribution in [0.5, 0.6) is 0 Å². The van der Waals surface area contributed by atoms with Gasteiger partial charge in [0.15, 0.2) is 5.78 Å². The van der Waals surface area contributed by atoms with Crippen LogP contribution in [0.25, 0.3) is 0 Å². The van der Waals surface area contributed by atoms with Crippen molar-refractivity contribution in [2.75, 3.05) is 19.8 Å². The lowest BCUT2D eigenvalue weighted by Gasteiger charge is -2.34. The summed E-state index contributed by atoms with van der Waals surface area (Å²) < 4.78 is 7.86. The summed E-state index contributed by atoms with van der Waals surface area (Å²) >= 11 is 3.43. The zero-order valence-electron chi connectivity index (χ0n) is 11.4. The minimum absolute atomic E-state index is 0.0800. The molecule has 0 aliphatic carbocycles. The van der Waals surface area contributed by atoms with Crippen molar-refractivity contribution in [1.82, 2.24) is 9.78 Å². The Hall–Kier alpha value is -0.720. The quantitative estimate of drug-likeness (QED) is 0.859. The van der Waals surface area contributed by atoms with Crippen molar-refractivity contribution >= 4 is 21.7 Å². The maximum absolute atomic E-state index is 12.9. The first-order valence-electron chi connectivity index (χ1n) is 6.57. The summed E-state index contributed by atoms with van der Waals surface area (Å²) in [6.45, 7) is 5.56. The number of nitrogens with zero attached hydrogens (tertiary/aromatic N) is 2. The molecule has 2 N–H and O–H groups in total. The van der Waals surface area contributed by atoms with Gasteiger partial charge in [-0.1, -0.05) is 0 Å². The van der Waals surface area contributed by atoms with Gasteiger partial charge in [-0.25, -0.2) is 0 Å². The van der Waals surface area contributed by atoms with E-state index in [0.717, 1.165) is 4.47 Å². The molecule has 0 spiro atoms. The molecule has 0 radical (unpaired) electrons. The molecule has 0 saturated carbocycles. The lowest BCUT2D eigenvalue weighted by Crippen LogP contribution is -2.44. The van der Waals surface area contributed by atoms with Crippen molar-refractivity contribution in [2.45, 2.75) is 32.7 Å². The molecule has 0 aromatic carbocycles. The summed E-state index contributed by atoms with van der Waals surface area (Å²) in [6, 6.07) is 0.139. The second-order valence-electron chi connectivity index (χ2n) is 5.31. The molecule has 5 nitrogen and oxygen atoms in total. The Morgan fingerprint density at radius 1 is 1.58 bits per heavy atom. The van der Waals surface area contributed by atoms with Crippen molar-refractivity contribution in [1.29, 1.82) is 0 Å². The van der Waals surface area contributed by atoms with Crippen LogP contribution >= 0.6 is 15.9 Å². The van der Waals surface area contributed by atoms with Crippen molar-refractivity contribution < 1.29 is 9.53 Å². The summed E-state index contributed by atoms with van der Waals surface area (Å²) in [4.78, 5) is 12.9. The first-order valence-corrected chi connectivity index (χ1v) is 7.37. The molecule has 0 unspecified atom stereocenters. The maximum atomic E-state index is 12.9. The van der Waals surface area contributed by atoms with Gasteiger partial charge in [-0.05, 0) is 42.6 Å². The molecule has 1 aromatic rings. The zero-order chi connectivity index (χ0) is 14.0. The molecular weight excluding hydrogens is 310 g/mol. The molecule has 106 valence electrons. The molecule has 2 rings (SSSR count). The SMILES string of the molecule is CC(C)n1ncc(Br)c1C(=O)C1(CN)CCOCC1. The number of nitrogens with two attached hydrogens (primary N) is 1. The van der Waals surface area contributed by atoms with Crippen molar-refractivity contribution in [3.05, 3.63) is 16.4 Å². The first kappa shape index (κ1) is 14.7. The first-order chi connectivity index (χ1) is 9.02. The number of halogens is 1. The average Bonchev–Trinajstić information content (AvgIpc) is 2.80. The Morgan fingerprint density at radius 2 is 2.21 bits per heavy atom. The molecule has 0 bridgehead atoms. The van der Waals surface area contributed by atoms with E-state index < -0.39 is 5.41 Å². The largest absolute Gasteiger partial charge is 0.381 e. The van der Waals surface area contributed by atoms with Crippen LogP contribution in [0, 0.1) is 5.41 Å². The van der Waals surface area contributed by atoms with Crippen LogP contribution < -0.4 is 5.73 Å². The number of Topliss-reactive ketones (excluding diaryl/α,β-unsaturated/α-hetero) is 1. The molecule has 19 heavy (non-hydrogen) atoms. The zero-order valence-corrected chi connectivity index (χ0v) is 12.9. The minimum Gasteiger partial charge on any atom is -0.381 e. The molecule has 2 heterocycles. The molecule has 6 heteroatoms. The van der Waals surface area contributed by atoms with Crippen LogP contribution in [0.3, 0.4) is 0 Å². The lowest BCUT2D eigenvalue weighted by molar-refractivity contribution is 0.0192. The summed E-state index contributed by atoms with van der Waals surface area (Å²) in [6.07, 6.45) is 3.03. The van der Waals surface area contributed by atoms with Gasteiger partial charge in [-0.15, -0.1) is 0 Å². The molecule has 1 aliphatic heterocycles. The maximum Gasteiger partial charge on any atom is 0.189 e. The molecule has 1 saturated heterocycles. The van der Waals surface area contributed by atoms with Crippen molar-refractivity contribution in [2.24, 2.45) is 11.1 Å². The van der Waals surface area contributed by atoms with E-state index in [0.29, 0.717) is 38.3 Å². The third-order valence-electron chi connectivity index (χ3n) is 3.78. The molecule has 1 aromatic heterocycles. The smallest absolute Gasteiger partial charge is 0.189 e. The number of ketones is 1. The standard InChI is InChI=1S/C13H20BrN3O2/c1-9(2)17-11(10(14)7-16-17)12(18)13(8-15)3-5-19-6-4-13/h7,9H,3-6,8,15H2,1-2H3. The van der Waals surface area contributed by atoms with E-state index in [1.807, 2.05) is 13.8 Å². The van der Waals surface area contributed by atoms with Gasteiger partial charge in [0.25, 0.3) is 0 Å². The highest BCUT2D eigenvalue weighted by Crippen LogP contribution is 2.35. The Balaban J connectivity index is 2.40. The van der Waals surface area contributed by atoms with Gasteiger partial charge in [0, 0.05) is 25.8 Å². The van der Waals surface area contributed by atoms with E-state index in [1.54, 1.807) is 10.9 Å². The van der Waals surface area contributed by atoms with Crippen LogP contribution in [0.15, 0.2) is 10.7 Å². The lowest BCUT2D eigenvalue weighted by atomic mass is 9.75. The highest BCUT2D eigenvalue weighted by atomic mass is 79.9. The Labute approximate surface area is 121 Å². The Morgan fingerprint density at radius 3 is 2.74 bits per heavy atom. The van der Waals surface area contributed by atoms with Crippen LogP contribution in [-0.2, 0) is 4.74 Å². The van der Waals surface area contributed by atoms with Gasteiger partial charge >= 0.3 is 0 Å². The fourth-order valence-corrected chi connectivity index (χ4v) is 2.94. The fourth-order valence-electron chi connectivity index (χ4n) is 2.48. The third-order valence-corrected chi connectivity index (χ3v) is 4.36. The van der Waals surface area contributed by atoms with Gasteiger partial charge in [0.2, 0.25) is 0 Å². The van der Waals surface area contributed by atoms with Crippen molar-refractivity contribution in [3.63, 3.8) is 0 Å². The number of carbonyl (C=O) groups is 1. The second kappa shape index (κ2) is 5.73. The summed E-state index contributed by atoms with van der Waals surface area (Å²) in [7, 11) is 0. The van der Waals surface area contributed by atoms with Gasteiger partial charge in [0.1, 0.15) is 5.69 Å². The van der Waals surface area contributed by atoms with Gasteiger partial charge in [-0.2, -0.15) is 5.10 Å². The highest BCUT2D eigenvalue weighted by Gasteiger charge is 2.41. The van der Waals surface area contributed by atoms with E-state index in [4.69, 9.17) is 10.5 Å². The predicted molar refractivity (Wildman–Crippen MR) is 76.2 cm³/mol. The normalized spacial score (nSPS) is 18.8. The number of aromatic nitrogens is 2. The monoisotopic (exact) mass is 329 g/mol. The van der Waals surface area contributed by atoms with Gasteiger partial charge in [0.05, 0.1) is 16.1 Å². The summed E-state index contributed by atoms with van der Waals surface area (Å²) in [5.41, 5.74) is 6.02. The summed E-state index contributed by atoms with van der Waals surface area (Å²) in [5, 5.41) is 4.27. The van der Waals surface area contributed by atoms with Gasteiger partial charge in [-0.3, -0.25) is 9.48 Å². The van der Waals surface area contributed by atoms with Crippen LogP contribution in [0.2, 0.25) is 0 Å². The topological polar surface area (TPSA) is 70.1 Å². The molecular formula is C13H20BrN3O2. The second-order valence-corrected chi connectivity index (χ2v) is 6.16. The molecule has 0 atom stereocenters. The van der Waals surface area contributed by atoms with Crippen LogP contribution in [0.4, 0.5) is 0 Å². The number of hydrogen-bond donors (Lipinski definition) is 1. The summed E-state index contributed by atoms with van der Waals surface area (Å²) in [5.74, 6) is 0.0800. The Bertz CT molecular complexity index is 464. The van der Waals surface area contributed by atoms with Crippen LogP contribution in [-0.4, -0.2) is 35.3 Å². The van der Waals surface area contributed by atoms with Crippen LogP contribution in [0.1, 0.15) is 43.2 Å². The highest BCUT2D eigenvalue weighted by molar-refractivity contribution is 9.10.